The van der Waals surface area contributed by atoms with Gasteiger partial charge in [0.2, 0.25) is 5.91 Å². The summed E-state index contributed by atoms with van der Waals surface area (Å²) in [5.74, 6) is 0.236. The number of nitrogens with zero attached hydrogens (tertiary/aromatic N) is 2. The molecule has 1 amide bonds. The zero-order valence-corrected chi connectivity index (χ0v) is 19.7. The second kappa shape index (κ2) is 13.2. The van der Waals surface area contributed by atoms with Crippen LogP contribution in [0.4, 0.5) is 8.78 Å². The Balaban J connectivity index is 0.00000450. The van der Waals surface area contributed by atoms with Crippen LogP contribution in [0.5, 0.6) is 5.75 Å². The summed E-state index contributed by atoms with van der Waals surface area (Å²) in [7, 11) is 3.30. The number of aliphatic imine (C=N–C) groups is 1. The molecule has 0 radical (unpaired) electrons. The molecular formula is C20H24ClF2IN4O2. The molecule has 10 heteroatoms. The first-order valence-electron chi connectivity index (χ1n) is 8.84. The normalized spacial score (nSPS) is 10.9. The number of carbonyl (C=O) groups excluding carboxylic acids is 1. The number of hydrogen-bond acceptors (Lipinski definition) is 3. The molecule has 0 spiro atoms. The van der Waals surface area contributed by atoms with Gasteiger partial charge in [0.15, 0.2) is 5.96 Å². The second-order valence-corrected chi connectivity index (χ2v) is 6.71. The van der Waals surface area contributed by atoms with Crippen LogP contribution in [0.2, 0.25) is 5.02 Å². The third-order valence-electron chi connectivity index (χ3n) is 3.85. The number of amides is 1. The second-order valence-electron chi connectivity index (χ2n) is 6.28. The largest absolute Gasteiger partial charge is 0.434 e. The molecule has 0 aromatic heterocycles. The Kier molecular flexibility index (Phi) is 11.4. The van der Waals surface area contributed by atoms with Crippen molar-refractivity contribution in [3.05, 3.63) is 64.7 Å². The van der Waals surface area contributed by atoms with E-state index in [-0.39, 0.29) is 48.7 Å². The summed E-state index contributed by atoms with van der Waals surface area (Å²) in [6.07, 6.45) is 0. The van der Waals surface area contributed by atoms with Crippen LogP contribution >= 0.6 is 35.6 Å². The van der Waals surface area contributed by atoms with Crippen LogP contribution in [0.15, 0.2) is 53.5 Å². The van der Waals surface area contributed by atoms with Gasteiger partial charge in [0.1, 0.15) is 5.75 Å². The minimum absolute atomic E-state index is 0. The average molecular weight is 553 g/mol. The lowest BCUT2D eigenvalue weighted by Gasteiger charge is -2.16. The monoisotopic (exact) mass is 552 g/mol. The smallest absolute Gasteiger partial charge is 0.387 e. The summed E-state index contributed by atoms with van der Waals surface area (Å²) in [6, 6.07) is 14.0. The van der Waals surface area contributed by atoms with Crippen molar-refractivity contribution in [3.63, 3.8) is 0 Å². The highest BCUT2D eigenvalue weighted by Crippen LogP contribution is 2.24. The lowest BCUT2D eigenvalue weighted by molar-refractivity contribution is -0.127. The number of carbonyl (C=O) groups is 1. The van der Waals surface area contributed by atoms with E-state index in [0.29, 0.717) is 23.1 Å². The minimum Gasteiger partial charge on any atom is -0.434 e. The predicted octanol–water partition coefficient (Wildman–Crippen LogP) is 3.88. The molecule has 30 heavy (non-hydrogen) atoms. The van der Waals surface area contributed by atoms with Gasteiger partial charge in [-0.25, -0.2) is 4.99 Å². The first-order chi connectivity index (χ1) is 13.8. The maximum atomic E-state index is 12.6. The fraction of sp³-hybridized carbons (Fsp3) is 0.300. The van der Waals surface area contributed by atoms with Crippen molar-refractivity contribution in [2.45, 2.75) is 19.7 Å². The molecule has 0 unspecified atom stereocenters. The van der Waals surface area contributed by atoms with Crippen molar-refractivity contribution >= 4 is 47.4 Å². The van der Waals surface area contributed by atoms with Crippen molar-refractivity contribution in [2.24, 2.45) is 4.99 Å². The molecule has 2 aromatic rings. The number of hydrogen-bond donors (Lipinski definition) is 2. The van der Waals surface area contributed by atoms with Gasteiger partial charge >= 0.3 is 6.61 Å². The third kappa shape index (κ3) is 9.12. The zero-order chi connectivity index (χ0) is 21.2. The van der Waals surface area contributed by atoms with Crippen LogP contribution < -0.4 is 15.4 Å². The number of ether oxygens (including phenoxy) is 1. The maximum Gasteiger partial charge on any atom is 0.387 e. The number of guanidine groups is 1. The molecule has 0 saturated heterocycles. The van der Waals surface area contributed by atoms with E-state index >= 15 is 0 Å². The molecule has 0 atom stereocenters. The molecule has 2 aromatic carbocycles. The van der Waals surface area contributed by atoms with Crippen LogP contribution in [0, 0.1) is 0 Å². The first kappa shape index (κ1) is 25.9. The lowest BCUT2D eigenvalue weighted by Crippen LogP contribution is -2.42. The number of alkyl halides is 2. The molecule has 0 saturated carbocycles. The van der Waals surface area contributed by atoms with E-state index in [9.17, 15) is 13.6 Å². The Morgan fingerprint density at radius 2 is 1.87 bits per heavy atom. The molecule has 6 nitrogen and oxygen atoms in total. The Hall–Kier alpha value is -2.14. The van der Waals surface area contributed by atoms with E-state index in [1.54, 1.807) is 14.1 Å². The highest BCUT2D eigenvalue weighted by molar-refractivity contribution is 14.0. The van der Waals surface area contributed by atoms with Crippen molar-refractivity contribution < 1.29 is 18.3 Å². The topological polar surface area (TPSA) is 66.0 Å². The van der Waals surface area contributed by atoms with Gasteiger partial charge in [-0.1, -0.05) is 41.9 Å². The van der Waals surface area contributed by atoms with Gasteiger partial charge in [0.25, 0.3) is 0 Å². The van der Waals surface area contributed by atoms with Crippen LogP contribution in [-0.4, -0.2) is 44.0 Å². The van der Waals surface area contributed by atoms with E-state index < -0.39 is 6.61 Å². The minimum atomic E-state index is -2.95. The predicted molar refractivity (Wildman–Crippen MR) is 125 cm³/mol. The summed E-state index contributed by atoms with van der Waals surface area (Å²) in [6.45, 7) is -2.41. The highest BCUT2D eigenvalue weighted by atomic mass is 127. The molecule has 0 heterocycles. The summed E-state index contributed by atoms with van der Waals surface area (Å²) in [4.78, 5) is 17.8. The standard InChI is InChI=1S/C20H23ClF2N4O2.HI/c1-27(2)18(28)13-26-20(24-11-14-6-4-3-5-7-14)25-12-15-10-16(21)8-9-17(15)29-19(22)23;/h3-10,19H,11-13H2,1-2H3,(H2,24,25,26);1H. The fourth-order valence-electron chi connectivity index (χ4n) is 2.32. The molecule has 164 valence electrons. The molecule has 0 aliphatic heterocycles. The van der Waals surface area contributed by atoms with E-state index in [1.807, 2.05) is 30.3 Å². The number of benzene rings is 2. The van der Waals surface area contributed by atoms with Gasteiger partial charge < -0.3 is 20.3 Å². The van der Waals surface area contributed by atoms with Crippen molar-refractivity contribution in [1.82, 2.24) is 15.5 Å². The summed E-state index contributed by atoms with van der Waals surface area (Å²) >= 11 is 5.98. The van der Waals surface area contributed by atoms with E-state index in [2.05, 4.69) is 20.4 Å². The number of nitrogens with one attached hydrogen (secondary N) is 2. The number of likely N-dealkylation sites (N-methyl/N-ethyl adjacent to an activating group) is 1. The Morgan fingerprint density at radius 3 is 2.50 bits per heavy atom. The molecule has 2 rings (SSSR count). The van der Waals surface area contributed by atoms with Crippen LogP contribution in [-0.2, 0) is 17.9 Å². The zero-order valence-electron chi connectivity index (χ0n) is 16.6. The Labute approximate surface area is 196 Å². The number of halogens is 4. The quantitative estimate of drug-likeness (QED) is 0.296. The molecule has 0 aliphatic carbocycles. The molecule has 2 N–H and O–H groups in total. The first-order valence-corrected chi connectivity index (χ1v) is 9.22. The van der Waals surface area contributed by atoms with E-state index in [1.165, 1.54) is 23.1 Å². The Bertz CT molecular complexity index is 839. The van der Waals surface area contributed by atoms with Gasteiger partial charge in [0, 0.05) is 31.2 Å². The summed E-state index contributed by atoms with van der Waals surface area (Å²) in [5.41, 5.74) is 1.42. The molecule has 0 fully saturated rings. The van der Waals surface area contributed by atoms with Crippen molar-refractivity contribution in [2.75, 3.05) is 20.6 Å². The van der Waals surface area contributed by atoms with Crippen molar-refractivity contribution in [3.8, 4) is 5.75 Å². The highest BCUT2D eigenvalue weighted by Gasteiger charge is 2.12. The SMILES string of the molecule is CN(C)C(=O)CNC(=NCc1ccccc1)NCc1cc(Cl)ccc1OC(F)F.I. The van der Waals surface area contributed by atoms with Gasteiger partial charge in [-0.05, 0) is 23.8 Å². The van der Waals surface area contributed by atoms with Crippen LogP contribution in [0.1, 0.15) is 11.1 Å². The number of rotatable bonds is 8. The molecular weight excluding hydrogens is 529 g/mol. The summed E-state index contributed by atoms with van der Waals surface area (Å²) < 4.78 is 29.8. The molecule has 0 aliphatic rings. The van der Waals surface area contributed by atoms with Crippen LogP contribution in [0.25, 0.3) is 0 Å². The third-order valence-corrected chi connectivity index (χ3v) is 4.09. The molecule has 0 bridgehead atoms. The lowest BCUT2D eigenvalue weighted by atomic mass is 10.2. The van der Waals surface area contributed by atoms with E-state index in [4.69, 9.17) is 11.6 Å². The Morgan fingerprint density at radius 1 is 1.17 bits per heavy atom. The van der Waals surface area contributed by atoms with Gasteiger partial charge in [-0.2, -0.15) is 8.78 Å². The van der Waals surface area contributed by atoms with Gasteiger partial charge in [-0.15, -0.1) is 24.0 Å². The van der Waals surface area contributed by atoms with Gasteiger partial charge in [-0.3, -0.25) is 4.79 Å². The average Bonchev–Trinajstić information content (AvgIpc) is 2.69. The van der Waals surface area contributed by atoms with E-state index in [0.717, 1.165) is 5.56 Å². The maximum absolute atomic E-state index is 12.6. The van der Waals surface area contributed by atoms with Crippen LogP contribution in [0.3, 0.4) is 0 Å². The van der Waals surface area contributed by atoms with Gasteiger partial charge in [0.05, 0.1) is 13.1 Å². The fourth-order valence-corrected chi connectivity index (χ4v) is 2.52. The van der Waals surface area contributed by atoms with Crippen molar-refractivity contribution in [1.29, 1.82) is 0 Å². The summed E-state index contributed by atoms with van der Waals surface area (Å²) in [5, 5.41) is 6.36.